The van der Waals surface area contributed by atoms with Crippen molar-refractivity contribution in [3.05, 3.63) is 85.1 Å². The van der Waals surface area contributed by atoms with E-state index in [1.165, 1.54) is 141 Å². The zero-order valence-electron chi connectivity index (χ0n) is 57.7. The van der Waals surface area contributed by atoms with Gasteiger partial charge >= 0.3 is 0 Å². The third-order valence-electron chi connectivity index (χ3n) is 17.9. The number of nitrogens with one attached hydrogen (secondary N) is 1. The third-order valence-corrected chi connectivity index (χ3v) is 17.9. The van der Waals surface area contributed by atoms with Crippen LogP contribution in [0.25, 0.3) is 0 Å². The van der Waals surface area contributed by atoms with E-state index in [2.05, 4.69) is 92.1 Å². The van der Waals surface area contributed by atoms with Crippen molar-refractivity contribution in [2.45, 2.75) is 356 Å². The van der Waals surface area contributed by atoms with Crippen LogP contribution >= 0.6 is 0 Å². The van der Waals surface area contributed by atoms with Crippen LogP contribution in [0.2, 0.25) is 0 Å². The minimum absolute atomic E-state index is 0.242. The Hall–Kier alpha value is -3.03. The summed E-state index contributed by atoms with van der Waals surface area (Å²) in [5.74, 6) is -0.277. The largest absolute Gasteiger partial charge is 0.394 e. The first kappa shape index (κ1) is 85.2. The van der Waals surface area contributed by atoms with E-state index in [9.17, 15) is 61.0 Å². The van der Waals surface area contributed by atoms with Crippen molar-refractivity contribution in [3.63, 3.8) is 0 Å². The maximum absolute atomic E-state index is 13.4. The lowest BCUT2D eigenvalue weighted by molar-refractivity contribution is -0.379. The van der Waals surface area contributed by atoms with Gasteiger partial charge in [-0.3, -0.25) is 4.79 Å². The Morgan fingerprint density at radius 1 is 0.394 bits per heavy atom. The number of hydrogen-bond acceptors (Lipinski definition) is 18. The zero-order valence-corrected chi connectivity index (χ0v) is 57.7. The second kappa shape index (κ2) is 55.8. The summed E-state index contributed by atoms with van der Waals surface area (Å²) in [5.41, 5.74) is 0. The third kappa shape index (κ3) is 36.7. The van der Waals surface area contributed by atoms with Crippen molar-refractivity contribution < 1.29 is 89.4 Å². The van der Waals surface area contributed by atoms with E-state index in [0.717, 1.165) is 83.5 Å². The van der Waals surface area contributed by atoms with E-state index in [0.29, 0.717) is 6.42 Å². The molecule has 19 heteroatoms. The number of hydrogen-bond donors (Lipinski definition) is 12. The lowest BCUT2D eigenvalue weighted by Crippen LogP contribution is -2.66. The Morgan fingerprint density at radius 3 is 1.15 bits per heavy atom. The first-order valence-corrected chi connectivity index (χ1v) is 36.8. The van der Waals surface area contributed by atoms with Gasteiger partial charge in [-0.15, -0.1) is 0 Å². The molecule has 19 nitrogen and oxygen atoms in total. The van der Waals surface area contributed by atoms with Crippen LogP contribution in [0.1, 0.15) is 251 Å². The molecule has 17 atom stereocenters. The van der Waals surface area contributed by atoms with Crippen molar-refractivity contribution in [3.8, 4) is 0 Å². The molecule has 12 N–H and O–H groups in total. The zero-order chi connectivity index (χ0) is 68.2. The molecule has 3 aliphatic rings. The smallest absolute Gasteiger partial charge is 0.220 e. The summed E-state index contributed by atoms with van der Waals surface area (Å²) in [4.78, 5) is 13.4. The summed E-state index contributed by atoms with van der Waals surface area (Å²) in [6.07, 6.45) is 45.9. The van der Waals surface area contributed by atoms with Crippen LogP contribution in [-0.4, -0.2) is 193 Å². The van der Waals surface area contributed by atoms with Crippen molar-refractivity contribution >= 4 is 5.91 Å². The van der Waals surface area contributed by atoms with Gasteiger partial charge in [0.25, 0.3) is 0 Å². The minimum Gasteiger partial charge on any atom is -0.394 e. The molecule has 3 heterocycles. The summed E-state index contributed by atoms with van der Waals surface area (Å²) in [6, 6.07) is -0.974. The molecular weight excluding hydrogens is 1200 g/mol. The highest BCUT2D eigenvalue weighted by molar-refractivity contribution is 5.76. The van der Waals surface area contributed by atoms with E-state index in [1.807, 2.05) is 6.08 Å². The molecule has 94 heavy (non-hydrogen) atoms. The molecule has 0 aromatic carbocycles. The van der Waals surface area contributed by atoms with Crippen LogP contribution in [0.4, 0.5) is 0 Å². The summed E-state index contributed by atoms with van der Waals surface area (Å²) in [7, 11) is 0. The molecule has 0 saturated carbocycles. The van der Waals surface area contributed by atoms with Gasteiger partial charge in [-0.05, 0) is 70.6 Å². The van der Waals surface area contributed by atoms with Crippen LogP contribution < -0.4 is 5.32 Å². The van der Waals surface area contributed by atoms with Gasteiger partial charge in [0, 0.05) is 6.42 Å². The fourth-order valence-electron chi connectivity index (χ4n) is 12.0. The van der Waals surface area contributed by atoms with Gasteiger partial charge in [0.1, 0.15) is 73.2 Å². The van der Waals surface area contributed by atoms with Crippen LogP contribution in [0, 0.1) is 0 Å². The topological polar surface area (TPSA) is 307 Å². The predicted octanol–water partition coefficient (Wildman–Crippen LogP) is 10.7. The average Bonchev–Trinajstić information content (AvgIpc) is 0.794. The van der Waals surface area contributed by atoms with Crippen molar-refractivity contribution in [1.82, 2.24) is 5.32 Å². The normalized spacial score (nSPS) is 27.9. The lowest BCUT2D eigenvalue weighted by Gasteiger charge is -2.48. The Bertz CT molecular complexity index is 2030. The molecular formula is C75H131NO18. The highest BCUT2D eigenvalue weighted by atomic mass is 16.8. The highest BCUT2D eigenvalue weighted by Gasteiger charge is 2.53. The number of aliphatic hydroxyl groups is 11. The monoisotopic (exact) mass is 1330 g/mol. The molecule has 3 saturated heterocycles. The van der Waals surface area contributed by atoms with Gasteiger partial charge in [0.15, 0.2) is 18.9 Å². The van der Waals surface area contributed by atoms with Crippen LogP contribution in [0.15, 0.2) is 85.1 Å². The number of allylic oxidation sites excluding steroid dienone is 13. The molecule has 1 amide bonds. The standard InChI is InChI=1S/C75H131NO18/c1-3-5-7-9-11-13-15-17-18-19-20-21-22-23-24-25-26-27-28-29-30-31-32-33-34-35-36-37-38-39-40-41-43-45-47-49-51-53-63(81)76-58(59(80)52-50-48-46-44-42-16-14-12-10-8-6-4-2)57-89-73-69(87)66(84)71(61(55-78)91-73)94-75-70(88)67(85)72(62(56-79)92-75)93-74-68(86)65(83)64(82)60(54-77)90-74/h5,7,11,13,17-18,20-21,23-24,26-27,50,52,58-62,64-75,77-80,82-88H,3-4,6,8-10,12,14-16,19,22,25,28-49,51,53-57H2,1-2H3,(H,76,81)/b7-5-,13-11-,18-17-,21-20-,24-23-,27-26-,52-50+. The number of ether oxygens (including phenoxy) is 6. The van der Waals surface area contributed by atoms with Gasteiger partial charge in [-0.1, -0.05) is 259 Å². The molecule has 0 aromatic heterocycles. The Kier molecular flexibility index (Phi) is 50.6. The average molecular weight is 1330 g/mol. The second-order valence-corrected chi connectivity index (χ2v) is 26.0. The van der Waals surface area contributed by atoms with E-state index < -0.39 is 124 Å². The number of rotatable bonds is 56. The molecule has 17 unspecified atom stereocenters. The van der Waals surface area contributed by atoms with Gasteiger partial charge in [-0.2, -0.15) is 0 Å². The van der Waals surface area contributed by atoms with E-state index in [4.69, 9.17) is 28.4 Å². The number of amides is 1. The summed E-state index contributed by atoms with van der Waals surface area (Å²) in [6.45, 7) is 1.60. The molecule has 0 spiro atoms. The van der Waals surface area contributed by atoms with Crippen molar-refractivity contribution in [1.29, 1.82) is 0 Å². The van der Waals surface area contributed by atoms with Gasteiger partial charge in [-0.25, -0.2) is 0 Å². The molecule has 3 rings (SSSR count). The van der Waals surface area contributed by atoms with Crippen LogP contribution in [0.5, 0.6) is 0 Å². The Morgan fingerprint density at radius 2 is 0.734 bits per heavy atom. The quantitative estimate of drug-likeness (QED) is 0.0199. The Labute approximate surface area is 565 Å². The fourth-order valence-corrected chi connectivity index (χ4v) is 12.0. The fraction of sp³-hybridized carbons (Fsp3) is 0.800. The molecule has 3 fully saturated rings. The van der Waals surface area contributed by atoms with Crippen LogP contribution in [-0.2, 0) is 33.2 Å². The van der Waals surface area contributed by atoms with Gasteiger partial charge in [0.05, 0.1) is 38.6 Å². The first-order chi connectivity index (χ1) is 45.8. The molecule has 0 aliphatic carbocycles. The second-order valence-electron chi connectivity index (χ2n) is 26.0. The predicted molar refractivity (Wildman–Crippen MR) is 369 cm³/mol. The molecule has 0 radical (unpaired) electrons. The van der Waals surface area contributed by atoms with Crippen LogP contribution in [0.3, 0.4) is 0 Å². The summed E-state index contributed by atoms with van der Waals surface area (Å²) in [5, 5.41) is 120. The number of carbonyl (C=O) groups excluding carboxylic acids is 1. The highest BCUT2D eigenvalue weighted by Crippen LogP contribution is 2.33. The van der Waals surface area contributed by atoms with E-state index >= 15 is 0 Å². The number of unbranched alkanes of at least 4 members (excludes halogenated alkanes) is 28. The Balaban J connectivity index is 1.31. The molecule has 3 aliphatic heterocycles. The number of carbonyl (C=O) groups is 1. The first-order valence-electron chi connectivity index (χ1n) is 36.8. The maximum Gasteiger partial charge on any atom is 0.220 e. The minimum atomic E-state index is -1.98. The van der Waals surface area contributed by atoms with Crippen molar-refractivity contribution in [2.75, 3.05) is 26.4 Å². The van der Waals surface area contributed by atoms with Crippen molar-refractivity contribution in [2.24, 2.45) is 0 Å². The molecule has 0 aromatic rings. The maximum atomic E-state index is 13.4. The lowest BCUT2D eigenvalue weighted by atomic mass is 9.96. The van der Waals surface area contributed by atoms with E-state index in [-0.39, 0.29) is 18.9 Å². The molecule has 0 bridgehead atoms. The van der Waals surface area contributed by atoms with Gasteiger partial charge in [0.2, 0.25) is 5.91 Å². The SMILES string of the molecule is CC/C=C\C/C=C\C/C=C\C/C=C\C/C=C\C/C=C\CCCCCCCCCCCCCCCCCCCCC(=O)NC(COC1OC(CO)C(OC2OC(CO)C(OC3OC(CO)C(O)C(O)C3O)C(O)C2O)C(O)C1O)C(O)/C=C/CCCCCCCCCCCC. The number of aliphatic hydroxyl groups excluding tert-OH is 11. The van der Waals surface area contributed by atoms with Gasteiger partial charge < -0.3 is 89.9 Å². The molecule has 544 valence electrons. The van der Waals surface area contributed by atoms with E-state index in [1.54, 1.807) is 6.08 Å². The summed E-state index contributed by atoms with van der Waals surface area (Å²) < 4.78 is 34.3. The summed E-state index contributed by atoms with van der Waals surface area (Å²) >= 11 is 0.